The van der Waals surface area contributed by atoms with Crippen LogP contribution in [0.2, 0.25) is 0 Å². The highest BCUT2D eigenvalue weighted by molar-refractivity contribution is 5.91. The molecule has 0 spiro atoms. The molecule has 1 aliphatic rings. The number of rotatable bonds is 4. The third-order valence-electron chi connectivity index (χ3n) is 7.69. The van der Waals surface area contributed by atoms with Gasteiger partial charge in [-0.15, -0.1) is 0 Å². The van der Waals surface area contributed by atoms with Crippen molar-refractivity contribution < 1.29 is 18.7 Å². The summed E-state index contributed by atoms with van der Waals surface area (Å²) in [6.45, 7) is 14.4. The third kappa shape index (κ3) is 4.91. The second kappa shape index (κ2) is 10.7. The Bertz CT molecular complexity index is 1770. The van der Waals surface area contributed by atoms with E-state index in [1.165, 1.54) is 28.8 Å². The Kier molecular flexibility index (Phi) is 7.34. The quantitative estimate of drug-likeness (QED) is 0.335. The van der Waals surface area contributed by atoms with E-state index in [1.807, 2.05) is 57.7 Å². The normalized spacial score (nSPS) is 15.7. The lowest BCUT2D eigenvalue weighted by atomic mass is 9.84. The number of phenolic OH excluding ortho intramolecular Hbond substituents is 1. The molecular formula is C32H33F2N5O3. The molecule has 1 saturated heterocycles. The van der Waals surface area contributed by atoms with Crippen LogP contribution in [0, 0.1) is 18.6 Å². The highest BCUT2D eigenvalue weighted by atomic mass is 19.1. The van der Waals surface area contributed by atoms with Crippen molar-refractivity contribution in [3.05, 3.63) is 88.4 Å². The Morgan fingerprint density at radius 2 is 1.81 bits per heavy atom. The molecule has 1 N–H and O–H groups in total. The molecule has 42 heavy (non-hydrogen) atoms. The lowest BCUT2D eigenvalue weighted by molar-refractivity contribution is -0.126. The van der Waals surface area contributed by atoms with Gasteiger partial charge in [0.1, 0.15) is 23.1 Å². The van der Waals surface area contributed by atoms with Gasteiger partial charge in [0.2, 0.25) is 5.91 Å². The Labute approximate surface area is 242 Å². The topological polar surface area (TPSA) is 91.6 Å². The van der Waals surface area contributed by atoms with Gasteiger partial charge in [0.15, 0.2) is 11.5 Å². The van der Waals surface area contributed by atoms with E-state index in [0.29, 0.717) is 25.3 Å². The predicted octanol–water partition coefficient (Wildman–Crippen LogP) is 5.26. The minimum absolute atomic E-state index is 0.0700. The number of hydrogen-bond acceptors (Lipinski definition) is 6. The van der Waals surface area contributed by atoms with E-state index in [4.69, 9.17) is 0 Å². The van der Waals surface area contributed by atoms with Crippen LogP contribution in [0.25, 0.3) is 28.0 Å². The van der Waals surface area contributed by atoms with E-state index in [0.717, 1.165) is 17.2 Å². The fraction of sp³-hybridized carbons (Fsp3) is 0.312. The van der Waals surface area contributed by atoms with E-state index >= 15 is 4.39 Å². The first kappa shape index (κ1) is 28.9. The number of aryl methyl sites for hydroxylation is 1. The van der Waals surface area contributed by atoms with Crippen LogP contribution in [0.3, 0.4) is 0 Å². The number of hydrogen-bond donors (Lipinski definition) is 1. The summed E-state index contributed by atoms with van der Waals surface area (Å²) in [7, 11) is 0. The van der Waals surface area contributed by atoms with Gasteiger partial charge in [-0.05, 0) is 54.7 Å². The minimum Gasteiger partial charge on any atom is -0.507 e. The number of piperazine rings is 1. The average Bonchev–Trinajstić information content (AvgIpc) is 2.92. The second-order valence-electron chi connectivity index (χ2n) is 11.6. The number of carbonyl (C=O) groups is 1. The molecule has 1 fully saturated rings. The van der Waals surface area contributed by atoms with Crippen LogP contribution in [0.15, 0.2) is 59.9 Å². The van der Waals surface area contributed by atoms with Crippen molar-refractivity contribution in [2.75, 3.05) is 24.5 Å². The first-order valence-electron chi connectivity index (χ1n) is 13.7. The molecule has 0 saturated carbocycles. The van der Waals surface area contributed by atoms with Gasteiger partial charge in [-0.2, -0.15) is 4.98 Å². The van der Waals surface area contributed by atoms with Crippen LogP contribution in [-0.2, 0) is 10.2 Å². The lowest BCUT2D eigenvalue weighted by Gasteiger charge is -2.40. The summed E-state index contributed by atoms with van der Waals surface area (Å²) in [5.74, 6) is -2.21. The number of aromatic nitrogens is 3. The summed E-state index contributed by atoms with van der Waals surface area (Å²) in [5, 5.41) is 10.7. The summed E-state index contributed by atoms with van der Waals surface area (Å²) in [5.41, 5.74) is 0.372. The Morgan fingerprint density at radius 1 is 1.10 bits per heavy atom. The average molecular weight is 574 g/mol. The van der Waals surface area contributed by atoms with Crippen LogP contribution >= 0.6 is 0 Å². The number of anilines is 1. The summed E-state index contributed by atoms with van der Waals surface area (Å²) < 4.78 is 32.2. The van der Waals surface area contributed by atoms with E-state index in [-0.39, 0.29) is 34.2 Å². The number of aromatic hydroxyl groups is 1. The van der Waals surface area contributed by atoms with Crippen LogP contribution in [0.1, 0.15) is 38.8 Å². The Balaban J connectivity index is 1.85. The van der Waals surface area contributed by atoms with Crippen molar-refractivity contribution >= 4 is 22.8 Å². The summed E-state index contributed by atoms with van der Waals surface area (Å²) in [6, 6.07) is 10.3. The van der Waals surface area contributed by atoms with Crippen molar-refractivity contribution in [2.24, 2.45) is 0 Å². The Morgan fingerprint density at radius 3 is 2.45 bits per heavy atom. The van der Waals surface area contributed by atoms with Gasteiger partial charge in [0.25, 0.3) is 0 Å². The Hall–Kier alpha value is -4.60. The fourth-order valence-electron chi connectivity index (χ4n) is 5.61. The molecule has 1 aliphatic heterocycles. The zero-order chi connectivity index (χ0) is 30.5. The van der Waals surface area contributed by atoms with Crippen LogP contribution in [0.4, 0.5) is 14.6 Å². The van der Waals surface area contributed by atoms with Gasteiger partial charge in [-0.3, -0.25) is 4.79 Å². The molecule has 5 rings (SSSR count). The zero-order valence-electron chi connectivity index (χ0n) is 24.3. The van der Waals surface area contributed by atoms with Gasteiger partial charge < -0.3 is 14.9 Å². The van der Waals surface area contributed by atoms with E-state index < -0.39 is 34.3 Å². The minimum atomic E-state index is -0.884. The number of carbonyl (C=O) groups excluding carboxylic acids is 1. The molecule has 4 aromatic rings. The van der Waals surface area contributed by atoms with Crippen LogP contribution in [-0.4, -0.2) is 56.1 Å². The molecule has 2 aromatic heterocycles. The van der Waals surface area contributed by atoms with Crippen molar-refractivity contribution in [3.63, 3.8) is 0 Å². The van der Waals surface area contributed by atoms with E-state index in [1.54, 1.807) is 4.90 Å². The van der Waals surface area contributed by atoms with Gasteiger partial charge in [-0.25, -0.2) is 23.1 Å². The molecule has 2 aromatic carbocycles. The van der Waals surface area contributed by atoms with Gasteiger partial charge in [0, 0.05) is 25.7 Å². The number of para-hydroxylation sites is 1. The maximum Gasteiger partial charge on any atom is 0.355 e. The van der Waals surface area contributed by atoms with Gasteiger partial charge >= 0.3 is 5.69 Å². The molecule has 1 atom stereocenters. The number of amides is 1. The number of halogens is 2. The fourth-order valence-corrected chi connectivity index (χ4v) is 5.61. The highest BCUT2D eigenvalue weighted by Crippen LogP contribution is 2.37. The molecule has 3 heterocycles. The first-order chi connectivity index (χ1) is 19.8. The SMILES string of the molecule is C=CC(=O)N1CCN(c2nc(=O)n(-c3c(C)cccc3C(C)(C)C)c3nc(-c4c(O)cccc4F)c(F)cc23)[C@@H](C)C1. The number of nitrogens with zero attached hydrogens (tertiary/aromatic N) is 5. The van der Waals surface area contributed by atoms with Crippen molar-refractivity contribution in [2.45, 2.75) is 46.1 Å². The van der Waals surface area contributed by atoms with Gasteiger partial charge in [-0.1, -0.05) is 51.6 Å². The third-order valence-corrected chi connectivity index (χ3v) is 7.69. The van der Waals surface area contributed by atoms with Gasteiger partial charge in [0.05, 0.1) is 16.6 Å². The summed E-state index contributed by atoms with van der Waals surface area (Å²) >= 11 is 0. The first-order valence-corrected chi connectivity index (χ1v) is 13.7. The molecule has 0 bridgehead atoms. The molecule has 0 unspecified atom stereocenters. The highest BCUT2D eigenvalue weighted by Gasteiger charge is 2.31. The lowest BCUT2D eigenvalue weighted by Crippen LogP contribution is -2.54. The van der Waals surface area contributed by atoms with Crippen molar-refractivity contribution in [1.82, 2.24) is 19.4 Å². The largest absolute Gasteiger partial charge is 0.507 e. The predicted molar refractivity (Wildman–Crippen MR) is 159 cm³/mol. The van der Waals surface area contributed by atoms with Crippen LogP contribution in [0.5, 0.6) is 5.75 Å². The monoisotopic (exact) mass is 573 g/mol. The molecule has 0 radical (unpaired) electrons. The number of phenols is 1. The van der Waals surface area contributed by atoms with Crippen molar-refractivity contribution in [1.29, 1.82) is 0 Å². The van der Waals surface area contributed by atoms with Crippen molar-refractivity contribution in [3.8, 4) is 22.7 Å². The number of pyridine rings is 1. The number of benzene rings is 2. The maximum absolute atomic E-state index is 15.9. The van der Waals surface area contributed by atoms with E-state index in [9.17, 15) is 19.1 Å². The summed E-state index contributed by atoms with van der Waals surface area (Å²) in [6.07, 6.45) is 1.26. The van der Waals surface area contributed by atoms with E-state index in [2.05, 4.69) is 16.5 Å². The number of fused-ring (bicyclic) bond motifs is 1. The van der Waals surface area contributed by atoms with Crippen LogP contribution < -0.4 is 10.6 Å². The maximum atomic E-state index is 15.9. The molecule has 10 heteroatoms. The standard InChI is InChI=1S/C32H33F2N5O3/c1-7-25(41)37-14-15-38(19(3)17-37)29-20-16-23(34)27(26-22(33)12-9-13-24(26)40)35-30(20)39(31(42)36-29)28-18(2)10-8-11-21(28)32(4,5)6/h7-13,16,19,40H,1,14-15,17H2,2-6H3/t19-/m0/s1. The molecular weight excluding hydrogens is 540 g/mol. The molecule has 0 aliphatic carbocycles. The molecule has 1 amide bonds. The zero-order valence-corrected chi connectivity index (χ0v) is 24.3. The molecule has 8 nitrogen and oxygen atoms in total. The summed E-state index contributed by atoms with van der Waals surface area (Å²) in [4.78, 5) is 38.8. The second-order valence-corrected chi connectivity index (χ2v) is 11.6. The smallest absolute Gasteiger partial charge is 0.355 e. The molecule has 218 valence electrons.